The molecule has 2 aliphatic rings. The molecular formula is C29H29ClN2O3. The molecule has 3 aromatic carbocycles. The van der Waals surface area contributed by atoms with E-state index < -0.39 is 5.66 Å². The Labute approximate surface area is 211 Å². The maximum absolute atomic E-state index is 12.6. The lowest BCUT2D eigenvalue weighted by molar-refractivity contribution is -0.118. The Morgan fingerprint density at radius 3 is 2.57 bits per heavy atom. The van der Waals surface area contributed by atoms with Gasteiger partial charge >= 0.3 is 0 Å². The van der Waals surface area contributed by atoms with Crippen LogP contribution in [-0.2, 0) is 16.8 Å². The molecule has 0 bridgehead atoms. The first-order valence-electron chi connectivity index (χ1n) is 11.7. The van der Waals surface area contributed by atoms with Gasteiger partial charge in [-0.05, 0) is 60.0 Å². The van der Waals surface area contributed by atoms with Crippen molar-refractivity contribution in [2.45, 2.75) is 38.5 Å². The predicted octanol–water partition coefficient (Wildman–Crippen LogP) is 5.87. The smallest absolute Gasteiger partial charge is 0.241 e. The number of aryl methyl sites for hydroxylation is 1. The first-order chi connectivity index (χ1) is 16.7. The highest BCUT2D eigenvalue weighted by Crippen LogP contribution is 2.53. The van der Waals surface area contributed by atoms with Crippen molar-refractivity contribution in [2.24, 2.45) is 0 Å². The molecule has 0 radical (unpaired) electrons. The predicted molar refractivity (Wildman–Crippen MR) is 140 cm³/mol. The lowest BCUT2D eigenvalue weighted by Gasteiger charge is -2.40. The van der Waals surface area contributed by atoms with Gasteiger partial charge in [-0.15, -0.1) is 0 Å². The summed E-state index contributed by atoms with van der Waals surface area (Å²) in [5, 5.41) is 3.97. The van der Waals surface area contributed by atoms with Gasteiger partial charge in [0.15, 0.2) is 11.5 Å². The van der Waals surface area contributed by atoms with Crippen molar-refractivity contribution in [1.29, 1.82) is 0 Å². The minimum atomic E-state index is -0.642. The fraction of sp³-hybridized carbons (Fsp3) is 0.276. The second kappa shape index (κ2) is 8.65. The van der Waals surface area contributed by atoms with Crippen LogP contribution in [0.25, 0.3) is 6.08 Å². The highest BCUT2D eigenvalue weighted by atomic mass is 35.5. The number of halogens is 1. The summed E-state index contributed by atoms with van der Waals surface area (Å²) in [7, 11) is 1.63. The van der Waals surface area contributed by atoms with Crippen molar-refractivity contribution in [3.05, 3.63) is 94.0 Å². The Balaban J connectivity index is 1.42. The standard InChI is InChI=1S/C29H29ClN2O3/c1-19-5-11-24-23(15-19)28(2,3)29(31-27(33)17-32(24)29)14-13-20-8-12-25(26(16-20)34-4)35-18-21-6-9-22(30)10-7-21/h5-16H,17-18H2,1-4H3,(H,31,33)/b14-13+/t29-/m0/s1. The van der Waals surface area contributed by atoms with Gasteiger partial charge in [-0.1, -0.05) is 67.4 Å². The van der Waals surface area contributed by atoms with Gasteiger partial charge in [-0.25, -0.2) is 0 Å². The SMILES string of the molecule is COc1cc(/C=C/[C@]23NC(=O)CN2c2ccc(C)cc2C3(C)C)ccc1OCc1ccc(Cl)cc1. The number of hydrogen-bond donors (Lipinski definition) is 1. The number of methoxy groups -OCH3 is 1. The molecule has 0 aromatic heterocycles. The second-order valence-corrected chi connectivity index (χ2v) is 10.1. The fourth-order valence-electron chi connectivity index (χ4n) is 5.15. The summed E-state index contributed by atoms with van der Waals surface area (Å²) in [4.78, 5) is 14.7. The Bertz CT molecular complexity index is 1320. The van der Waals surface area contributed by atoms with Crippen molar-refractivity contribution in [3.63, 3.8) is 0 Å². The van der Waals surface area contributed by atoms with E-state index in [1.165, 1.54) is 11.1 Å². The van der Waals surface area contributed by atoms with E-state index in [4.69, 9.17) is 21.1 Å². The molecule has 3 aromatic rings. The zero-order chi connectivity index (χ0) is 24.8. The van der Waals surface area contributed by atoms with Crippen LogP contribution in [-0.4, -0.2) is 25.2 Å². The molecule has 180 valence electrons. The summed E-state index contributed by atoms with van der Waals surface area (Å²) in [6, 6.07) is 19.9. The minimum Gasteiger partial charge on any atom is -0.493 e. The minimum absolute atomic E-state index is 0.0254. The number of nitrogens with one attached hydrogen (secondary N) is 1. The summed E-state index contributed by atoms with van der Waals surface area (Å²) in [5.41, 5.74) is 4.58. The Hall–Kier alpha value is -3.44. The lowest BCUT2D eigenvalue weighted by Crippen LogP contribution is -2.58. The number of nitrogens with zero attached hydrogens (tertiary/aromatic N) is 1. The number of fused-ring (bicyclic) bond motifs is 3. The molecular weight excluding hydrogens is 460 g/mol. The van der Waals surface area contributed by atoms with E-state index in [1.807, 2.05) is 48.5 Å². The van der Waals surface area contributed by atoms with Crippen molar-refractivity contribution in [1.82, 2.24) is 5.32 Å². The van der Waals surface area contributed by atoms with Crippen LogP contribution in [0.2, 0.25) is 5.02 Å². The first kappa shape index (κ1) is 23.3. The van der Waals surface area contributed by atoms with E-state index in [2.05, 4.69) is 55.3 Å². The summed E-state index contributed by atoms with van der Waals surface area (Å²) in [5.74, 6) is 1.34. The van der Waals surface area contributed by atoms with Gasteiger partial charge in [0.1, 0.15) is 12.3 Å². The van der Waals surface area contributed by atoms with Crippen molar-refractivity contribution in [2.75, 3.05) is 18.6 Å². The number of anilines is 1. The average molecular weight is 489 g/mol. The number of benzene rings is 3. The van der Waals surface area contributed by atoms with Gasteiger partial charge in [-0.3, -0.25) is 4.79 Å². The number of rotatable bonds is 6. The third-order valence-corrected chi connectivity index (χ3v) is 7.39. The number of amides is 1. The molecule has 2 aliphatic heterocycles. The van der Waals surface area contributed by atoms with E-state index in [0.717, 1.165) is 16.8 Å². The fourth-order valence-corrected chi connectivity index (χ4v) is 5.28. The van der Waals surface area contributed by atoms with Gasteiger partial charge in [0.05, 0.1) is 13.7 Å². The van der Waals surface area contributed by atoms with Gasteiger partial charge < -0.3 is 19.7 Å². The molecule has 0 aliphatic carbocycles. The van der Waals surface area contributed by atoms with Gasteiger partial charge in [-0.2, -0.15) is 0 Å². The highest BCUT2D eigenvalue weighted by Gasteiger charge is 2.59. The van der Waals surface area contributed by atoms with E-state index in [0.29, 0.717) is 29.7 Å². The van der Waals surface area contributed by atoms with E-state index in [-0.39, 0.29) is 11.3 Å². The quantitative estimate of drug-likeness (QED) is 0.471. The van der Waals surface area contributed by atoms with Crippen LogP contribution in [0, 0.1) is 6.92 Å². The molecule has 2 heterocycles. The number of carbonyl (C=O) groups is 1. The number of carbonyl (C=O) groups excluding carboxylic acids is 1. The molecule has 1 fully saturated rings. The molecule has 5 rings (SSSR count). The van der Waals surface area contributed by atoms with Crippen LogP contribution < -0.4 is 19.7 Å². The van der Waals surface area contributed by atoms with Crippen LogP contribution in [0.1, 0.15) is 36.1 Å². The average Bonchev–Trinajstić information content (AvgIpc) is 3.27. The van der Waals surface area contributed by atoms with Crippen LogP contribution in [0.15, 0.2) is 66.7 Å². The van der Waals surface area contributed by atoms with Crippen molar-refractivity contribution < 1.29 is 14.3 Å². The molecule has 35 heavy (non-hydrogen) atoms. The molecule has 5 nitrogen and oxygen atoms in total. The van der Waals surface area contributed by atoms with Crippen molar-refractivity contribution >= 4 is 29.3 Å². The van der Waals surface area contributed by atoms with Crippen LogP contribution >= 0.6 is 11.6 Å². The Morgan fingerprint density at radius 2 is 1.83 bits per heavy atom. The second-order valence-electron chi connectivity index (χ2n) is 9.71. The van der Waals surface area contributed by atoms with E-state index in [9.17, 15) is 4.79 Å². The summed E-state index contributed by atoms with van der Waals surface area (Å²) < 4.78 is 11.6. The first-order valence-corrected chi connectivity index (χ1v) is 12.1. The van der Waals surface area contributed by atoms with Crippen LogP contribution in [0.3, 0.4) is 0 Å². The third-order valence-electron chi connectivity index (χ3n) is 7.14. The largest absolute Gasteiger partial charge is 0.493 e. The van der Waals surface area contributed by atoms with Gasteiger partial charge in [0, 0.05) is 16.1 Å². The lowest BCUT2D eigenvalue weighted by atomic mass is 9.75. The van der Waals surface area contributed by atoms with E-state index in [1.54, 1.807) is 7.11 Å². The Morgan fingerprint density at radius 1 is 1.06 bits per heavy atom. The molecule has 0 saturated carbocycles. The zero-order valence-corrected chi connectivity index (χ0v) is 21.1. The highest BCUT2D eigenvalue weighted by molar-refractivity contribution is 6.30. The monoisotopic (exact) mass is 488 g/mol. The summed E-state index contributed by atoms with van der Waals surface area (Å²) in [6.45, 7) is 7.23. The number of hydrogen-bond acceptors (Lipinski definition) is 4. The third kappa shape index (κ3) is 3.94. The maximum atomic E-state index is 12.6. The molecule has 1 amide bonds. The zero-order valence-electron chi connectivity index (χ0n) is 20.4. The maximum Gasteiger partial charge on any atom is 0.241 e. The number of ether oxygens (including phenoxy) is 2. The topological polar surface area (TPSA) is 50.8 Å². The van der Waals surface area contributed by atoms with E-state index >= 15 is 0 Å². The van der Waals surface area contributed by atoms with Crippen molar-refractivity contribution in [3.8, 4) is 11.5 Å². The molecule has 1 saturated heterocycles. The summed E-state index contributed by atoms with van der Waals surface area (Å²) >= 11 is 5.97. The van der Waals surface area contributed by atoms with Gasteiger partial charge in [0.25, 0.3) is 0 Å². The summed E-state index contributed by atoms with van der Waals surface area (Å²) in [6.07, 6.45) is 4.15. The van der Waals surface area contributed by atoms with Gasteiger partial charge in [0.2, 0.25) is 5.91 Å². The molecule has 6 heteroatoms. The molecule has 0 unspecified atom stereocenters. The Kier molecular flexibility index (Phi) is 5.76. The normalized spacial score (nSPS) is 20.0. The van der Waals surface area contributed by atoms with Crippen LogP contribution in [0.4, 0.5) is 5.69 Å². The van der Waals surface area contributed by atoms with Crippen LogP contribution in [0.5, 0.6) is 11.5 Å². The molecule has 1 atom stereocenters. The molecule has 0 spiro atoms. The molecule has 1 N–H and O–H groups in total.